The smallest absolute Gasteiger partial charge is 0.471 e. The van der Waals surface area contributed by atoms with Crippen LogP contribution in [0.3, 0.4) is 0 Å². The first-order valence-corrected chi connectivity index (χ1v) is 8.36. The summed E-state index contributed by atoms with van der Waals surface area (Å²) < 4.78 is 42.2. The molecule has 2 N–H and O–H groups in total. The van der Waals surface area contributed by atoms with Crippen LogP contribution in [0, 0.1) is 0 Å². The van der Waals surface area contributed by atoms with Crippen molar-refractivity contribution in [2.45, 2.75) is 25.1 Å². The first-order chi connectivity index (χ1) is 11.9. The molecule has 1 atom stereocenters. The maximum Gasteiger partial charge on any atom is 0.471 e. The molecule has 0 radical (unpaired) electrons. The lowest BCUT2D eigenvalue weighted by Crippen LogP contribution is -2.45. The number of hydrogen-bond donors (Lipinski definition) is 2. The van der Waals surface area contributed by atoms with E-state index in [0.717, 1.165) is 37.5 Å². The van der Waals surface area contributed by atoms with Crippen molar-refractivity contribution in [2.24, 2.45) is 0 Å². The van der Waals surface area contributed by atoms with E-state index in [4.69, 9.17) is 4.74 Å². The van der Waals surface area contributed by atoms with Crippen LogP contribution in [0.15, 0.2) is 24.3 Å². The lowest BCUT2D eigenvalue weighted by Gasteiger charge is -2.36. The van der Waals surface area contributed by atoms with Crippen molar-refractivity contribution in [2.75, 3.05) is 39.8 Å². The topological polar surface area (TPSA) is 53.6 Å². The van der Waals surface area contributed by atoms with Gasteiger partial charge in [0.05, 0.1) is 7.11 Å². The van der Waals surface area contributed by atoms with Gasteiger partial charge in [0, 0.05) is 44.3 Å². The maximum absolute atomic E-state index is 12.2. The Morgan fingerprint density at radius 3 is 2.64 bits per heavy atom. The SMILES string of the molecule is COc1ccccc1C(CCCNC(=O)C(F)(F)F)N1CCNCC1. The van der Waals surface area contributed by atoms with Crippen LogP contribution >= 0.6 is 0 Å². The van der Waals surface area contributed by atoms with Crippen LogP contribution in [-0.2, 0) is 4.79 Å². The number of halogens is 3. The summed E-state index contributed by atoms with van der Waals surface area (Å²) in [7, 11) is 1.61. The molecule has 1 aromatic rings. The van der Waals surface area contributed by atoms with Crippen LogP contribution < -0.4 is 15.4 Å². The Balaban J connectivity index is 2.01. The number of para-hydroxylation sites is 1. The Morgan fingerprint density at radius 2 is 2.00 bits per heavy atom. The quantitative estimate of drug-likeness (QED) is 0.732. The highest BCUT2D eigenvalue weighted by Gasteiger charge is 2.38. The summed E-state index contributed by atoms with van der Waals surface area (Å²) in [5.74, 6) is -1.12. The molecular formula is C17H24F3N3O2. The number of carbonyl (C=O) groups is 1. The van der Waals surface area contributed by atoms with Gasteiger partial charge in [-0.15, -0.1) is 0 Å². The largest absolute Gasteiger partial charge is 0.496 e. The Bertz CT molecular complexity index is 560. The number of rotatable bonds is 7. The highest BCUT2D eigenvalue weighted by atomic mass is 19.4. The Kier molecular flexibility index (Phi) is 7.07. The van der Waals surface area contributed by atoms with E-state index in [-0.39, 0.29) is 12.6 Å². The van der Waals surface area contributed by atoms with Gasteiger partial charge in [0.1, 0.15) is 5.75 Å². The number of methoxy groups -OCH3 is 1. The summed E-state index contributed by atoms with van der Waals surface area (Å²) >= 11 is 0. The minimum atomic E-state index is -4.83. The highest BCUT2D eigenvalue weighted by molar-refractivity contribution is 5.81. The van der Waals surface area contributed by atoms with Crippen LogP contribution in [0.2, 0.25) is 0 Å². The molecule has 5 nitrogen and oxygen atoms in total. The van der Waals surface area contributed by atoms with Gasteiger partial charge in [0.25, 0.3) is 0 Å². The Labute approximate surface area is 145 Å². The summed E-state index contributed by atoms with van der Waals surface area (Å²) in [6.45, 7) is 3.46. The predicted molar refractivity (Wildman–Crippen MR) is 88.5 cm³/mol. The van der Waals surface area contributed by atoms with E-state index in [0.29, 0.717) is 12.8 Å². The molecule has 1 aliphatic heterocycles. The van der Waals surface area contributed by atoms with Gasteiger partial charge in [-0.3, -0.25) is 9.69 Å². The number of carbonyl (C=O) groups excluding carboxylic acids is 1. The summed E-state index contributed by atoms with van der Waals surface area (Å²) in [4.78, 5) is 13.2. The fourth-order valence-corrected chi connectivity index (χ4v) is 3.07. The zero-order chi connectivity index (χ0) is 18.3. The second-order valence-corrected chi connectivity index (χ2v) is 5.94. The molecular weight excluding hydrogens is 335 g/mol. The molecule has 1 aromatic carbocycles. The second-order valence-electron chi connectivity index (χ2n) is 5.94. The van der Waals surface area contributed by atoms with Gasteiger partial charge >= 0.3 is 12.1 Å². The van der Waals surface area contributed by atoms with Crippen molar-refractivity contribution in [1.29, 1.82) is 0 Å². The van der Waals surface area contributed by atoms with E-state index >= 15 is 0 Å². The van der Waals surface area contributed by atoms with E-state index < -0.39 is 12.1 Å². The molecule has 2 rings (SSSR count). The molecule has 25 heavy (non-hydrogen) atoms. The number of piperazine rings is 1. The van der Waals surface area contributed by atoms with Gasteiger partial charge in [-0.2, -0.15) is 13.2 Å². The molecule has 0 bridgehead atoms. The summed E-state index contributed by atoms with van der Waals surface area (Å²) in [5, 5.41) is 5.23. The van der Waals surface area contributed by atoms with Gasteiger partial charge in [-0.1, -0.05) is 18.2 Å². The fraction of sp³-hybridized carbons (Fsp3) is 0.588. The van der Waals surface area contributed by atoms with Crippen molar-refractivity contribution in [1.82, 2.24) is 15.5 Å². The van der Waals surface area contributed by atoms with Crippen molar-refractivity contribution >= 4 is 5.91 Å². The van der Waals surface area contributed by atoms with E-state index in [9.17, 15) is 18.0 Å². The van der Waals surface area contributed by atoms with Crippen LogP contribution in [0.5, 0.6) is 5.75 Å². The van der Waals surface area contributed by atoms with Gasteiger partial charge in [0.2, 0.25) is 0 Å². The summed E-state index contributed by atoms with van der Waals surface area (Å²) in [5.41, 5.74) is 1.02. The van der Waals surface area contributed by atoms with Crippen molar-refractivity contribution in [3.63, 3.8) is 0 Å². The lowest BCUT2D eigenvalue weighted by atomic mass is 9.98. The Hall–Kier alpha value is -1.80. The number of amides is 1. The number of nitrogens with one attached hydrogen (secondary N) is 2. The number of ether oxygens (including phenoxy) is 1. The Morgan fingerprint density at radius 1 is 1.32 bits per heavy atom. The van der Waals surface area contributed by atoms with Gasteiger partial charge < -0.3 is 15.4 Å². The van der Waals surface area contributed by atoms with Crippen LogP contribution in [0.1, 0.15) is 24.4 Å². The molecule has 1 heterocycles. The number of benzene rings is 1. The van der Waals surface area contributed by atoms with Crippen molar-refractivity contribution in [3.05, 3.63) is 29.8 Å². The average molecular weight is 359 g/mol. The third-order valence-corrected chi connectivity index (χ3v) is 4.29. The molecule has 1 saturated heterocycles. The van der Waals surface area contributed by atoms with E-state index in [2.05, 4.69) is 10.2 Å². The standard InChI is InChI=1S/C17H24F3N3O2/c1-25-15-7-3-2-5-13(15)14(23-11-9-21-10-12-23)6-4-8-22-16(24)17(18,19)20/h2-3,5,7,14,21H,4,6,8-12H2,1H3,(H,22,24). The van der Waals surface area contributed by atoms with E-state index in [1.165, 1.54) is 0 Å². The molecule has 1 aliphatic rings. The van der Waals surface area contributed by atoms with Gasteiger partial charge in [-0.25, -0.2) is 0 Å². The third kappa shape index (κ3) is 5.61. The molecule has 0 spiro atoms. The molecule has 1 unspecified atom stereocenters. The van der Waals surface area contributed by atoms with Crippen molar-refractivity contribution < 1.29 is 22.7 Å². The molecule has 8 heteroatoms. The number of alkyl halides is 3. The lowest BCUT2D eigenvalue weighted by molar-refractivity contribution is -0.173. The number of hydrogen-bond acceptors (Lipinski definition) is 4. The third-order valence-electron chi connectivity index (χ3n) is 4.29. The molecule has 0 aromatic heterocycles. The number of nitrogens with zero attached hydrogens (tertiary/aromatic N) is 1. The predicted octanol–water partition coefficient (Wildman–Crippen LogP) is 2.10. The molecule has 1 fully saturated rings. The highest BCUT2D eigenvalue weighted by Crippen LogP contribution is 2.32. The monoisotopic (exact) mass is 359 g/mol. The van der Waals surface area contributed by atoms with Gasteiger partial charge in [-0.05, 0) is 18.9 Å². The van der Waals surface area contributed by atoms with Gasteiger partial charge in [0.15, 0.2) is 0 Å². The first kappa shape index (κ1) is 19.5. The molecule has 0 saturated carbocycles. The zero-order valence-corrected chi connectivity index (χ0v) is 14.2. The minimum Gasteiger partial charge on any atom is -0.496 e. The average Bonchev–Trinajstić information content (AvgIpc) is 2.61. The van der Waals surface area contributed by atoms with Crippen LogP contribution in [0.25, 0.3) is 0 Å². The summed E-state index contributed by atoms with van der Waals surface area (Å²) in [6.07, 6.45) is -3.74. The van der Waals surface area contributed by atoms with E-state index in [1.807, 2.05) is 29.6 Å². The van der Waals surface area contributed by atoms with Crippen LogP contribution in [0.4, 0.5) is 13.2 Å². The molecule has 140 valence electrons. The maximum atomic E-state index is 12.2. The zero-order valence-electron chi connectivity index (χ0n) is 14.2. The fourth-order valence-electron chi connectivity index (χ4n) is 3.07. The minimum absolute atomic E-state index is 0.00389. The summed E-state index contributed by atoms with van der Waals surface area (Å²) in [6, 6.07) is 7.73. The second kappa shape index (κ2) is 9.05. The molecule has 1 amide bonds. The normalized spacial score (nSPS) is 17.1. The van der Waals surface area contributed by atoms with Crippen molar-refractivity contribution in [3.8, 4) is 5.75 Å². The molecule has 0 aliphatic carbocycles. The van der Waals surface area contributed by atoms with Crippen LogP contribution in [-0.4, -0.2) is 56.8 Å². The van der Waals surface area contributed by atoms with E-state index in [1.54, 1.807) is 7.11 Å². The first-order valence-electron chi connectivity index (χ1n) is 8.36.